The van der Waals surface area contributed by atoms with Crippen molar-refractivity contribution in [1.29, 1.82) is 0 Å². The first kappa shape index (κ1) is 20.6. The second-order valence-electron chi connectivity index (χ2n) is 8.94. The van der Waals surface area contributed by atoms with Crippen LogP contribution in [0, 0.1) is 5.92 Å². The molecule has 2 aliphatic rings. The van der Waals surface area contributed by atoms with Crippen molar-refractivity contribution in [3.05, 3.63) is 42.1 Å². The number of aliphatic hydroxyl groups is 1. The van der Waals surface area contributed by atoms with Gasteiger partial charge in [0, 0.05) is 69.7 Å². The summed E-state index contributed by atoms with van der Waals surface area (Å²) in [5, 5.41) is 14.4. The molecule has 158 valence electrons. The number of aliphatic hydroxyl groups excluding tert-OH is 1. The van der Waals surface area contributed by atoms with Gasteiger partial charge in [-0.3, -0.25) is 14.5 Å². The van der Waals surface area contributed by atoms with Crippen molar-refractivity contribution in [2.24, 2.45) is 13.0 Å². The molecule has 2 heterocycles. The summed E-state index contributed by atoms with van der Waals surface area (Å²) in [6, 6.07) is 11.0. The van der Waals surface area contributed by atoms with Gasteiger partial charge < -0.3 is 5.11 Å². The number of benzene rings is 1. The number of piperazine rings is 1. The smallest absolute Gasteiger partial charge is 0.0968 e. The summed E-state index contributed by atoms with van der Waals surface area (Å²) in [6.07, 6.45) is 10.0. The summed E-state index contributed by atoms with van der Waals surface area (Å²) < 4.78 is 1.93. The van der Waals surface area contributed by atoms with Crippen LogP contribution < -0.4 is 0 Å². The maximum absolute atomic E-state index is 9.66. The Hall–Kier alpha value is -1.69. The van der Waals surface area contributed by atoms with Crippen molar-refractivity contribution in [1.82, 2.24) is 19.6 Å². The second kappa shape index (κ2) is 9.88. The van der Waals surface area contributed by atoms with Gasteiger partial charge in [0.2, 0.25) is 0 Å². The molecule has 2 aromatic rings. The quantitative estimate of drug-likeness (QED) is 0.778. The van der Waals surface area contributed by atoms with Crippen LogP contribution in [0.4, 0.5) is 0 Å². The van der Waals surface area contributed by atoms with Gasteiger partial charge in [0.05, 0.1) is 5.69 Å². The fourth-order valence-corrected chi connectivity index (χ4v) is 5.20. The van der Waals surface area contributed by atoms with Crippen LogP contribution in [0.15, 0.2) is 36.5 Å². The molecule has 0 radical (unpaired) electrons. The lowest BCUT2D eigenvalue weighted by molar-refractivity contribution is 0.0401. The molecule has 1 unspecified atom stereocenters. The summed E-state index contributed by atoms with van der Waals surface area (Å²) in [5.74, 6) is 0.861. The van der Waals surface area contributed by atoms with E-state index < -0.39 is 0 Å². The highest BCUT2D eigenvalue weighted by atomic mass is 16.3. The number of hydrogen-bond donors (Lipinski definition) is 1. The van der Waals surface area contributed by atoms with Crippen molar-refractivity contribution < 1.29 is 5.11 Å². The van der Waals surface area contributed by atoms with Crippen molar-refractivity contribution in [2.75, 3.05) is 32.8 Å². The fourth-order valence-electron chi connectivity index (χ4n) is 5.20. The van der Waals surface area contributed by atoms with Crippen LogP contribution in [0.25, 0.3) is 11.3 Å². The van der Waals surface area contributed by atoms with E-state index in [1.165, 1.54) is 49.8 Å². The van der Waals surface area contributed by atoms with E-state index in [1.54, 1.807) is 0 Å². The summed E-state index contributed by atoms with van der Waals surface area (Å²) in [5.41, 5.74) is 3.57. The molecule has 4 rings (SSSR count). The molecule has 5 heteroatoms. The molecule has 1 atom stereocenters. The zero-order valence-corrected chi connectivity index (χ0v) is 17.8. The molecule has 29 heavy (non-hydrogen) atoms. The maximum atomic E-state index is 9.66. The first-order valence-corrected chi connectivity index (χ1v) is 11.4. The van der Waals surface area contributed by atoms with Crippen LogP contribution in [0.1, 0.15) is 44.1 Å². The first-order chi connectivity index (χ1) is 14.2. The van der Waals surface area contributed by atoms with E-state index in [0.717, 1.165) is 44.2 Å². The molecule has 0 spiro atoms. The number of aryl methyl sites for hydroxylation is 1. The van der Waals surface area contributed by atoms with Gasteiger partial charge in [-0.25, -0.2) is 0 Å². The van der Waals surface area contributed by atoms with Crippen LogP contribution in [-0.2, 0) is 13.6 Å². The van der Waals surface area contributed by atoms with E-state index in [2.05, 4.69) is 46.3 Å². The Balaban J connectivity index is 1.42. The highest BCUT2D eigenvalue weighted by molar-refractivity contribution is 5.62. The van der Waals surface area contributed by atoms with Crippen LogP contribution in [0.2, 0.25) is 0 Å². The molecule has 5 nitrogen and oxygen atoms in total. The lowest BCUT2D eigenvalue weighted by Crippen LogP contribution is -2.54. The topological polar surface area (TPSA) is 44.5 Å². The standard InChI is InChI=1S/C24H36N4O/c1-26-17-22(24(25-26)21-10-6-3-7-11-21)18-27-13-14-28(23(19-27)12-15-29)16-20-8-4-2-5-9-20/h3,6-7,10-11,17,20,23,29H,2,4-5,8-9,12-16,18-19H2,1H3. The zero-order valence-electron chi connectivity index (χ0n) is 17.8. The summed E-state index contributed by atoms with van der Waals surface area (Å²) in [7, 11) is 2.01. The Bertz CT molecular complexity index is 753. The Morgan fingerprint density at radius 1 is 1.07 bits per heavy atom. The van der Waals surface area contributed by atoms with E-state index in [4.69, 9.17) is 5.10 Å². The molecule has 1 saturated carbocycles. The number of rotatable bonds is 7. The van der Waals surface area contributed by atoms with Crippen molar-refractivity contribution in [2.45, 2.75) is 51.1 Å². The first-order valence-electron chi connectivity index (χ1n) is 11.4. The minimum atomic E-state index is 0.280. The van der Waals surface area contributed by atoms with Gasteiger partial charge in [0.25, 0.3) is 0 Å². The molecule has 0 amide bonds. The minimum absolute atomic E-state index is 0.280. The third-order valence-electron chi connectivity index (χ3n) is 6.71. The normalized spacial score (nSPS) is 22.2. The van der Waals surface area contributed by atoms with Gasteiger partial charge in [0.1, 0.15) is 0 Å². The molecule has 1 aromatic carbocycles. The third-order valence-corrected chi connectivity index (χ3v) is 6.71. The molecular weight excluding hydrogens is 360 g/mol. The molecule has 1 aliphatic heterocycles. The van der Waals surface area contributed by atoms with Gasteiger partial charge in [-0.1, -0.05) is 49.6 Å². The Morgan fingerprint density at radius 2 is 1.86 bits per heavy atom. The summed E-state index contributed by atoms with van der Waals surface area (Å²) in [4.78, 5) is 5.23. The maximum Gasteiger partial charge on any atom is 0.0968 e. The van der Waals surface area contributed by atoms with E-state index in [0.29, 0.717) is 6.04 Å². The van der Waals surface area contributed by atoms with Gasteiger partial charge in [0.15, 0.2) is 0 Å². The SMILES string of the molecule is Cn1cc(CN2CCN(CC3CCCCC3)C(CCO)C2)c(-c2ccccc2)n1. The lowest BCUT2D eigenvalue weighted by atomic mass is 9.88. The van der Waals surface area contributed by atoms with Gasteiger partial charge in [-0.05, 0) is 25.2 Å². The fraction of sp³-hybridized carbons (Fsp3) is 0.625. The minimum Gasteiger partial charge on any atom is -0.396 e. The van der Waals surface area contributed by atoms with E-state index >= 15 is 0 Å². The molecule has 0 bridgehead atoms. The molecule has 2 fully saturated rings. The third kappa shape index (κ3) is 5.27. The Kier molecular flexibility index (Phi) is 7.01. The average molecular weight is 397 g/mol. The highest BCUT2D eigenvalue weighted by Gasteiger charge is 2.29. The summed E-state index contributed by atoms with van der Waals surface area (Å²) in [6.45, 7) is 5.68. The molecule has 1 aromatic heterocycles. The zero-order chi connectivity index (χ0) is 20.1. The monoisotopic (exact) mass is 396 g/mol. The summed E-state index contributed by atoms with van der Waals surface area (Å²) >= 11 is 0. The van der Waals surface area contributed by atoms with Gasteiger partial charge in [-0.2, -0.15) is 5.10 Å². The van der Waals surface area contributed by atoms with Crippen LogP contribution >= 0.6 is 0 Å². The molecule has 1 N–H and O–H groups in total. The predicted molar refractivity (Wildman–Crippen MR) is 118 cm³/mol. The Labute approximate surface area is 175 Å². The highest BCUT2D eigenvalue weighted by Crippen LogP contribution is 2.28. The van der Waals surface area contributed by atoms with Crippen molar-refractivity contribution in [3.63, 3.8) is 0 Å². The second-order valence-corrected chi connectivity index (χ2v) is 8.94. The van der Waals surface area contributed by atoms with Crippen LogP contribution in [0.3, 0.4) is 0 Å². The van der Waals surface area contributed by atoms with Crippen molar-refractivity contribution >= 4 is 0 Å². The van der Waals surface area contributed by atoms with Crippen LogP contribution in [0.5, 0.6) is 0 Å². The van der Waals surface area contributed by atoms with E-state index in [1.807, 2.05) is 11.7 Å². The van der Waals surface area contributed by atoms with Gasteiger partial charge >= 0.3 is 0 Å². The molecule has 1 saturated heterocycles. The van der Waals surface area contributed by atoms with E-state index in [9.17, 15) is 5.11 Å². The molecule has 1 aliphatic carbocycles. The largest absolute Gasteiger partial charge is 0.396 e. The van der Waals surface area contributed by atoms with Crippen LogP contribution in [-0.4, -0.2) is 63.5 Å². The number of hydrogen-bond acceptors (Lipinski definition) is 4. The van der Waals surface area contributed by atoms with Crippen molar-refractivity contribution in [3.8, 4) is 11.3 Å². The number of nitrogens with zero attached hydrogens (tertiary/aromatic N) is 4. The predicted octanol–water partition coefficient (Wildman–Crippen LogP) is 3.54. The lowest BCUT2D eigenvalue weighted by Gasteiger charge is -2.43. The molecular formula is C24H36N4O. The van der Waals surface area contributed by atoms with E-state index in [-0.39, 0.29) is 6.61 Å². The number of aromatic nitrogens is 2. The average Bonchev–Trinajstić information content (AvgIpc) is 3.11. The Morgan fingerprint density at radius 3 is 2.62 bits per heavy atom. The van der Waals surface area contributed by atoms with Gasteiger partial charge in [-0.15, -0.1) is 0 Å².